The predicted octanol–water partition coefficient (Wildman–Crippen LogP) is 4.75. The van der Waals surface area contributed by atoms with E-state index in [1.54, 1.807) is 24.3 Å². The Morgan fingerprint density at radius 2 is 1.94 bits per heavy atom. The number of carbonyl (C=O) groups is 1. The summed E-state index contributed by atoms with van der Waals surface area (Å²) in [7, 11) is 0. The van der Waals surface area contributed by atoms with Crippen LogP contribution in [0, 0.1) is 12.9 Å². The second-order valence-electron chi connectivity index (χ2n) is 7.45. The highest BCUT2D eigenvalue weighted by molar-refractivity contribution is 6.04. The number of morpholine rings is 1. The second kappa shape index (κ2) is 9.22. The molecule has 7 heteroatoms. The van der Waals surface area contributed by atoms with Crippen LogP contribution in [0.3, 0.4) is 0 Å². The number of hydrogen-bond donors (Lipinski definition) is 1. The van der Waals surface area contributed by atoms with Crippen molar-refractivity contribution in [3.05, 3.63) is 77.2 Å². The summed E-state index contributed by atoms with van der Waals surface area (Å²) in [6.45, 7) is 3.77. The summed E-state index contributed by atoms with van der Waals surface area (Å²) in [6.07, 6.45) is 0. The van der Waals surface area contributed by atoms with Crippen molar-refractivity contribution in [2.75, 3.05) is 36.5 Å². The fourth-order valence-electron chi connectivity index (χ4n) is 3.60. The summed E-state index contributed by atoms with van der Waals surface area (Å²) >= 11 is 0. The summed E-state index contributed by atoms with van der Waals surface area (Å²) in [5.74, 6) is -0.328. The molecule has 0 bridgehead atoms. The molecular weight excluding hydrogens is 400 g/mol. The van der Waals surface area contributed by atoms with Gasteiger partial charge in [0.25, 0.3) is 5.91 Å². The molecule has 1 aliphatic rings. The maximum absolute atomic E-state index is 14.3. The zero-order chi connectivity index (χ0) is 21.8. The molecule has 2 heterocycles. The van der Waals surface area contributed by atoms with Crippen LogP contribution in [0.15, 0.2) is 54.6 Å². The van der Waals surface area contributed by atoms with Gasteiger partial charge in [0.15, 0.2) is 0 Å². The normalized spacial score (nSPS) is 13.8. The molecular formula is C24H23F2N3O2. The lowest BCUT2D eigenvalue weighted by atomic mass is 10.00. The van der Waals surface area contributed by atoms with Gasteiger partial charge in [-0.15, -0.1) is 0 Å². The number of aryl methyl sites for hydroxylation is 1. The standard InChI is InChI=1S/C24H23F2N3O2/c1-16-5-6-20(27-24(30)18-4-2-3-17(11-18)15-25)14-21(16)19-12-22(26)28-23(13-19)29-7-9-31-10-8-29/h2-6,11-14H,7-10,15H2,1H3,(H,27,30). The van der Waals surface area contributed by atoms with E-state index in [0.717, 1.165) is 11.1 Å². The van der Waals surface area contributed by atoms with E-state index in [1.807, 2.05) is 30.0 Å². The summed E-state index contributed by atoms with van der Waals surface area (Å²) in [6, 6.07) is 15.2. The van der Waals surface area contributed by atoms with Gasteiger partial charge in [0.2, 0.25) is 5.95 Å². The van der Waals surface area contributed by atoms with Crippen molar-refractivity contribution < 1.29 is 18.3 Å². The number of rotatable bonds is 5. The molecule has 0 spiro atoms. The van der Waals surface area contributed by atoms with Gasteiger partial charge in [0.05, 0.1) is 13.2 Å². The van der Waals surface area contributed by atoms with Gasteiger partial charge < -0.3 is 15.0 Å². The zero-order valence-electron chi connectivity index (χ0n) is 17.2. The van der Waals surface area contributed by atoms with Gasteiger partial charge >= 0.3 is 0 Å². The first-order chi connectivity index (χ1) is 15.0. The maximum atomic E-state index is 14.3. The number of benzene rings is 2. The van der Waals surface area contributed by atoms with Gasteiger partial charge in [-0.05, 0) is 59.5 Å². The topological polar surface area (TPSA) is 54.5 Å². The number of alkyl halides is 1. The molecule has 2 aromatic carbocycles. The number of anilines is 2. The molecule has 160 valence electrons. The summed E-state index contributed by atoms with van der Waals surface area (Å²) in [5, 5.41) is 2.84. The molecule has 1 fully saturated rings. The molecule has 0 saturated carbocycles. The highest BCUT2D eigenvalue weighted by Crippen LogP contribution is 2.30. The Hall–Kier alpha value is -3.32. The zero-order valence-corrected chi connectivity index (χ0v) is 17.2. The van der Waals surface area contributed by atoms with E-state index < -0.39 is 12.6 Å². The fraction of sp³-hybridized carbons (Fsp3) is 0.250. The molecule has 5 nitrogen and oxygen atoms in total. The van der Waals surface area contributed by atoms with Crippen LogP contribution in [0.5, 0.6) is 0 Å². The molecule has 0 unspecified atom stereocenters. The number of hydrogen-bond acceptors (Lipinski definition) is 4. The fourth-order valence-corrected chi connectivity index (χ4v) is 3.60. The number of pyridine rings is 1. The molecule has 1 aliphatic heterocycles. The molecule has 4 rings (SSSR count). The molecule has 1 amide bonds. The van der Waals surface area contributed by atoms with E-state index in [-0.39, 0.29) is 5.91 Å². The summed E-state index contributed by atoms with van der Waals surface area (Å²) < 4.78 is 32.6. The van der Waals surface area contributed by atoms with Crippen LogP contribution in [0.1, 0.15) is 21.5 Å². The number of amides is 1. The third-order valence-electron chi connectivity index (χ3n) is 5.27. The highest BCUT2D eigenvalue weighted by Gasteiger charge is 2.16. The lowest BCUT2D eigenvalue weighted by molar-refractivity contribution is 0.102. The summed E-state index contributed by atoms with van der Waals surface area (Å²) in [4.78, 5) is 18.6. The Bertz CT molecular complexity index is 1100. The Morgan fingerprint density at radius 3 is 2.71 bits per heavy atom. The van der Waals surface area contributed by atoms with Crippen molar-refractivity contribution in [3.8, 4) is 11.1 Å². The van der Waals surface area contributed by atoms with Crippen LogP contribution in [-0.4, -0.2) is 37.2 Å². The third-order valence-corrected chi connectivity index (χ3v) is 5.27. The van der Waals surface area contributed by atoms with Crippen LogP contribution in [0.25, 0.3) is 11.1 Å². The molecule has 0 atom stereocenters. The van der Waals surface area contributed by atoms with Crippen LogP contribution >= 0.6 is 0 Å². The van der Waals surface area contributed by atoms with Crippen molar-refractivity contribution in [1.29, 1.82) is 0 Å². The first kappa shape index (κ1) is 20.9. The third kappa shape index (κ3) is 4.88. The Morgan fingerprint density at radius 1 is 1.13 bits per heavy atom. The van der Waals surface area contributed by atoms with Gasteiger partial charge in [0.1, 0.15) is 12.5 Å². The molecule has 1 N–H and O–H groups in total. The lowest BCUT2D eigenvalue weighted by Crippen LogP contribution is -2.36. The van der Waals surface area contributed by atoms with Crippen molar-refractivity contribution >= 4 is 17.4 Å². The molecule has 0 radical (unpaired) electrons. The van der Waals surface area contributed by atoms with E-state index in [4.69, 9.17) is 4.74 Å². The minimum absolute atomic E-state index is 0.333. The van der Waals surface area contributed by atoms with E-state index in [1.165, 1.54) is 12.1 Å². The van der Waals surface area contributed by atoms with Crippen LogP contribution < -0.4 is 10.2 Å². The SMILES string of the molecule is Cc1ccc(NC(=O)c2cccc(CF)c2)cc1-c1cc(F)nc(N2CCOCC2)c1. The minimum Gasteiger partial charge on any atom is -0.378 e. The number of carbonyl (C=O) groups excluding carboxylic acids is 1. The average Bonchev–Trinajstić information content (AvgIpc) is 2.80. The van der Waals surface area contributed by atoms with E-state index in [2.05, 4.69) is 10.3 Å². The summed E-state index contributed by atoms with van der Waals surface area (Å²) in [5.41, 5.74) is 3.81. The predicted molar refractivity (Wildman–Crippen MR) is 117 cm³/mol. The second-order valence-corrected chi connectivity index (χ2v) is 7.45. The molecule has 3 aromatic rings. The first-order valence-corrected chi connectivity index (χ1v) is 10.1. The maximum Gasteiger partial charge on any atom is 0.255 e. The van der Waals surface area contributed by atoms with Crippen LogP contribution in [-0.2, 0) is 11.4 Å². The molecule has 31 heavy (non-hydrogen) atoms. The van der Waals surface area contributed by atoms with Crippen LogP contribution in [0.4, 0.5) is 20.3 Å². The van der Waals surface area contributed by atoms with E-state index >= 15 is 0 Å². The molecule has 1 aromatic heterocycles. The number of halogens is 2. The Labute approximate surface area is 179 Å². The van der Waals surface area contributed by atoms with Gasteiger partial charge in [-0.3, -0.25) is 4.79 Å². The minimum atomic E-state index is -0.630. The lowest BCUT2D eigenvalue weighted by Gasteiger charge is -2.28. The first-order valence-electron chi connectivity index (χ1n) is 10.1. The van der Waals surface area contributed by atoms with Gasteiger partial charge in [-0.1, -0.05) is 18.2 Å². The number of ether oxygens (including phenoxy) is 1. The largest absolute Gasteiger partial charge is 0.378 e. The average molecular weight is 423 g/mol. The van der Waals surface area contributed by atoms with Gasteiger partial charge in [0, 0.05) is 30.4 Å². The van der Waals surface area contributed by atoms with E-state index in [9.17, 15) is 13.6 Å². The molecule has 1 saturated heterocycles. The Kier molecular flexibility index (Phi) is 6.23. The van der Waals surface area contributed by atoms with Crippen molar-refractivity contribution in [2.24, 2.45) is 0 Å². The van der Waals surface area contributed by atoms with E-state index in [0.29, 0.717) is 54.5 Å². The van der Waals surface area contributed by atoms with Crippen molar-refractivity contribution in [1.82, 2.24) is 4.98 Å². The number of nitrogens with one attached hydrogen (secondary N) is 1. The smallest absolute Gasteiger partial charge is 0.255 e. The van der Waals surface area contributed by atoms with Crippen molar-refractivity contribution in [3.63, 3.8) is 0 Å². The van der Waals surface area contributed by atoms with Gasteiger partial charge in [-0.25, -0.2) is 9.37 Å². The Balaban J connectivity index is 1.62. The quantitative estimate of drug-likeness (QED) is 0.602. The number of aromatic nitrogens is 1. The number of nitrogens with zero attached hydrogens (tertiary/aromatic N) is 2. The van der Waals surface area contributed by atoms with Crippen LogP contribution in [0.2, 0.25) is 0 Å². The van der Waals surface area contributed by atoms with Crippen molar-refractivity contribution in [2.45, 2.75) is 13.6 Å². The van der Waals surface area contributed by atoms with Gasteiger partial charge in [-0.2, -0.15) is 4.39 Å². The molecule has 0 aliphatic carbocycles. The highest BCUT2D eigenvalue weighted by atomic mass is 19.1. The monoisotopic (exact) mass is 423 g/mol.